The molecule has 5 heteroatoms. The van der Waals surface area contributed by atoms with Gasteiger partial charge in [-0.2, -0.15) is 5.10 Å². The number of rotatable bonds is 16. The van der Waals surface area contributed by atoms with Gasteiger partial charge in [0.25, 0.3) is 0 Å². The third-order valence-corrected chi connectivity index (χ3v) is 5.06. The van der Waals surface area contributed by atoms with Crippen LogP contribution in [0.2, 0.25) is 0 Å². The van der Waals surface area contributed by atoms with Crippen molar-refractivity contribution in [1.29, 1.82) is 0 Å². The topological polar surface area (TPSA) is 28.1 Å². The van der Waals surface area contributed by atoms with Crippen LogP contribution in [0.15, 0.2) is 101 Å². The Hall–Kier alpha value is -2.50. The molecule has 0 radical (unpaired) electrons. The standard InChI is InChI=1S/C27H41N3OS/c1-9-12-14-20-27(18-11-3)29(6)32-30(7)28-23-26(17-10-2)22-25(5)24(4)19-15-13-16-21-31-8/h9-10,12-13,15-17,19-20,22-23H,2,4,11,14,18,21H2,1,3,5-8H3/b12-9-,16-13-,19-15-,25-22+,26-17+,27-20+,28-23-. The molecule has 0 aromatic rings. The van der Waals surface area contributed by atoms with E-state index in [0.717, 1.165) is 36.0 Å². The van der Waals surface area contributed by atoms with Gasteiger partial charge < -0.3 is 9.04 Å². The van der Waals surface area contributed by atoms with Crippen LogP contribution in [0.1, 0.15) is 40.0 Å². The number of methoxy groups -OCH3 is 1. The predicted octanol–water partition coefficient (Wildman–Crippen LogP) is 7.42. The van der Waals surface area contributed by atoms with E-state index in [1.807, 2.05) is 61.9 Å². The Labute approximate surface area is 201 Å². The summed E-state index contributed by atoms with van der Waals surface area (Å²) in [5.41, 5.74) is 4.26. The SMILES string of the molecule is C=C/C=C(/C=N\N(C)SN(C)/C(=C/C/C=C\C)CCC)\C=C(/C)C(=C)/C=C\C=C/COC. The summed E-state index contributed by atoms with van der Waals surface area (Å²) in [4.78, 5) is 0. The van der Waals surface area contributed by atoms with Gasteiger partial charge in [-0.05, 0) is 49.5 Å². The lowest BCUT2D eigenvalue weighted by Crippen LogP contribution is -2.15. The van der Waals surface area contributed by atoms with Crippen molar-refractivity contribution in [1.82, 2.24) is 8.72 Å². The maximum Gasteiger partial charge on any atom is 0.0882 e. The zero-order chi connectivity index (χ0) is 24.2. The van der Waals surface area contributed by atoms with Gasteiger partial charge in [0.05, 0.1) is 25.0 Å². The summed E-state index contributed by atoms with van der Waals surface area (Å²) in [7, 11) is 5.70. The van der Waals surface area contributed by atoms with E-state index in [0.29, 0.717) is 6.61 Å². The first-order valence-electron chi connectivity index (χ1n) is 10.9. The first kappa shape index (κ1) is 29.5. The van der Waals surface area contributed by atoms with Crippen LogP contribution in [-0.2, 0) is 4.74 Å². The minimum absolute atomic E-state index is 0.598. The van der Waals surface area contributed by atoms with Crippen LogP contribution in [0, 0.1) is 0 Å². The van der Waals surface area contributed by atoms with Crippen molar-refractivity contribution in [3.8, 4) is 0 Å². The quantitative estimate of drug-likeness (QED) is 0.0795. The number of hydrogen-bond donors (Lipinski definition) is 0. The molecule has 0 rings (SSSR count). The van der Waals surface area contributed by atoms with Crippen molar-refractivity contribution in [2.45, 2.75) is 40.0 Å². The highest BCUT2D eigenvalue weighted by Crippen LogP contribution is 2.22. The predicted molar refractivity (Wildman–Crippen MR) is 145 cm³/mol. The van der Waals surface area contributed by atoms with Gasteiger partial charge >= 0.3 is 0 Å². The Morgan fingerprint density at radius 1 is 1.19 bits per heavy atom. The maximum atomic E-state index is 4.99. The number of hydrazone groups is 1. The third kappa shape index (κ3) is 14.5. The molecule has 0 saturated carbocycles. The van der Waals surface area contributed by atoms with Crippen molar-refractivity contribution in [3.63, 3.8) is 0 Å². The Bertz CT molecular complexity index is 770. The Morgan fingerprint density at radius 2 is 1.94 bits per heavy atom. The van der Waals surface area contributed by atoms with Crippen LogP contribution in [-0.4, -0.2) is 42.7 Å². The fourth-order valence-electron chi connectivity index (χ4n) is 2.52. The summed E-state index contributed by atoms with van der Waals surface area (Å²) in [5.74, 6) is 0. The number of allylic oxidation sites excluding steroid dienone is 13. The van der Waals surface area contributed by atoms with Crippen LogP contribution < -0.4 is 0 Å². The molecule has 0 fully saturated rings. The van der Waals surface area contributed by atoms with Crippen LogP contribution in [0.4, 0.5) is 0 Å². The molecular weight excluding hydrogens is 414 g/mol. The minimum atomic E-state index is 0.598. The molecule has 0 atom stereocenters. The number of nitrogens with zero attached hydrogens (tertiary/aromatic N) is 3. The summed E-state index contributed by atoms with van der Waals surface area (Å²) in [6.45, 7) is 14.8. The molecule has 0 aromatic carbocycles. The lowest BCUT2D eigenvalue weighted by Gasteiger charge is -2.24. The molecule has 0 N–H and O–H groups in total. The third-order valence-electron chi connectivity index (χ3n) is 4.25. The molecule has 176 valence electrons. The molecule has 32 heavy (non-hydrogen) atoms. The van der Waals surface area contributed by atoms with Gasteiger partial charge in [-0.25, -0.2) is 4.41 Å². The molecule has 0 saturated heterocycles. The lowest BCUT2D eigenvalue weighted by molar-refractivity contribution is 0.234. The van der Waals surface area contributed by atoms with E-state index >= 15 is 0 Å². The minimum Gasteiger partial charge on any atom is -0.381 e. The van der Waals surface area contributed by atoms with Crippen molar-refractivity contribution < 1.29 is 4.74 Å². The number of ether oxygens (including phenoxy) is 1. The maximum absolute atomic E-state index is 4.99. The monoisotopic (exact) mass is 455 g/mol. The van der Waals surface area contributed by atoms with E-state index in [4.69, 9.17) is 4.74 Å². The first-order valence-corrected chi connectivity index (χ1v) is 11.6. The summed E-state index contributed by atoms with van der Waals surface area (Å²) in [5, 5.41) is 4.59. The molecule has 0 heterocycles. The molecule has 0 aliphatic carbocycles. The average Bonchev–Trinajstić information content (AvgIpc) is 2.76. The van der Waals surface area contributed by atoms with E-state index in [-0.39, 0.29) is 0 Å². The highest BCUT2D eigenvalue weighted by molar-refractivity contribution is 7.94. The molecule has 0 aliphatic rings. The lowest BCUT2D eigenvalue weighted by atomic mass is 10.1. The van der Waals surface area contributed by atoms with Crippen molar-refractivity contribution in [3.05, 3.63) is 96.3 Å². The van der Waals surface area contributed by atoms with Crippen LogP contribution in [0.3, 0.4) is 0 Å². The highest BCUT2D eigenvalue weighted by atomic mass is 32.2. The normalized spacial score (nSPS) is 13.8. The molecular formula is C27H41N3OS. The van der Waals surface area contributed by atoms with E-state index in [1.54, 1.807) is 25.3 Å². The van der Waals surface area contributed by atoms with Crippen molar-refractivity contribution in [2.75, 3.05) is 27.8 Å². The smallest absolute Gasteiger partial charge is 0.0882 e. The van der Waals surface area contributed by atoms with E-state index in [1.165, 1.54) is 5.70 Å². The fourth-order valence-corrected chi connectivity index (χ4v) is 3.24. The fraction of sp³-hybridized carbons (Fsp3) is 0.370. The summed E-state index contributed by atoms with van der Waals surface area (Å²) in [6, 6.07) is 0. The van der Waals surface area contributed by atoms with Gasteiger partial charge in [0.1, 0.15) is 0 Å². The Balaban J connectivity index is 5.15. The Morgan fingerprint density at radius 3 is 2.56 bits per heavy atom. The molecule has 0 bridgehead atoms. The Kier molecular flexibility index (Phi) is 17.7. The summed E-state index contributed by atoms with van der Waals surface area (Å²) < 4.78 is 9.02. The highest BCUT2D eigenvalue weighted by Gasteiger charge is 2.07. The zero-order valence-electron chi connectivity index (χ0n) is 20.8. The first-order chi connectivity index (χ1) is 15.4. The van der Waals surface area contributed by atoms with Gasteiger partial charge in [-0.15, -0.1) is 0 Å². The van der Waals surface area contributed by atoms with Crippen LogP contribution in [0.5, 0.6) is 0 Å². The largest absolute Gasteiger partial charge is 0.381 e. The molecule has 0 aromatic heterocycles. The zero-order valence-corrected chi connectivity index (χ0v) is 21.6. The second kappa shape index (κ2) is 19.2. The van der Waals surface area contributed by atoms with Gasteiger partial charge in [-0.3, -0.25) is 0 Å². The second-order valence-electron chi connectivity index (χ2n) is 7.04. The molecule has 0 amide bonds. The summed E-state index contributed by atoms with van der Waals surface area (Å²) in [6.07, 6.45) is 25.0. The number of hydrogen-bond acceptors (Lipinski definition) is 5. The van der Waals surface area contributed by atoms with Crippen LogP contribution in [0.25, 0.3) is 0 Å². The summed E-state index contributed by atoms with van der Waals surface area (Å²) >= 11 is 1.56. The molecule has 0 aliphatic heterocycles. The molecule has 0 unspecified atom stereocenters. The van der Waals surface area contributed by atoms with Gasteiger partial charge in [0.15, 0.2) is 0 Å². The van der Waals surface area contributed by atoms with E-state index < -0.39 is 0 Å². The van der Waals surface area contributed by atoms with Crippen LogP contribution >= 0.6 is 12.1 Å². The van der Waals surface area contributed by atoms with Crippen molar-refractivity contribution >= 4 is 18.3 Å². The van der Waals surface area contributed by atoms with Gasteiger partial charge in [0, 0.05) is 26.9 Å². The molecule has 4 nitrogen and oxygen atoms in total. The average molecular weight is 456 g/mol. The molecule has 0 spiro atoms. The van der Waals surface area contributed by atoms with E-state index in [9.17, 15) is 0 Å². The van der Waals surface area contributed by atoms with E-state index in [2.05, 4.69) is 60.8 Å². The van der Waals surface area contributed by atoms with Gasteiger partial charge in [0.2, 0.25) is 0 Å². The van der Waals surface area contributed by atoms with Crippen molar-refractivity contribution in [2.24, 2.45) is 5.10 Å². The second-order valence-corrected chi connectivity index (χ2v) is 8.28. The van der Waals surface area contributed by atoms with Gasteiger partial charge in [-0.1, -0.05) is 81.2 Å².